The van der Waals surface area contributed by atoms with E-state index in [1.54, 1.807) is 6.07 Å². The Labute approximate surface area is 185 Å². The highest BCUT2D eigenvalue weighted by molar-refractivity contribution is 7.92. The summed E-state index contributed by atoms with van der Waals surface area (Å²) in [5, 5.41) is 2.00. The van der Waals surface area contributed by atoms with Gasteiger partial charge in [-0.3, -0.25) is 4.79 Å². The smallest absolute Gasteiger partial charge is 0.275 e. The fourth-order valence-electron chi connectivity index (χ4n) is 2.08. The normalized spacial score (nSPS) is 11.2. The van der Waals surface area contributed by atoms with Crippen LogP contribution in [0.1, 0.15) is 10.5 Å². The van der Waals surface area contributed by atoms with Gasteiger partial charge in [0, 0.05) is 18.1 Å². The van der Waals surface area contributed by atoms with Crippen LogP contribution in [0.4, 0.5) is 11.6 Å². The summed E-state index contributed by atoms with van der Waals surface area (Å²) in [6, 6.07) is 6.89. The number of rotatable bonds is 5. The monoisotopic (exact) mass is 491 g/mol. The minimum Gasteiger partial charge on any atom is -0.321 e. The van der Waals surface area contributed by atoms with Gasteiger partial charge in [-0.1, -0.05) is 46.4 Å². The molecule has 0 fully saturated rings. The largest absolute Gasteiger partial charge is 0.321 e. The standard InChI is InChI=1S/C16H9Cl4N5O3S/c17-10-11(18)13(24-14(20)12(10)19)15(26)23-8-2-4-9(5-3-8)29(27,28)25-16-21-6-1-7-22-16/h1-7H,(H,23,26)(H,21,22,25). The highest BCUT2D eigenvalue weighted by Gasteiger charge is 2.21. The van der Waals surface area contributed by atoms with Crippen molar-refractivity contribution in [2.24, 2.45) is 0 Å². The second kappa shape index (κ2) is 8.68. The van der Waals surface area contributed by atoms with E-state index in [-0.39, 0.29) is 42.4 Å². The fourth-order valence-corrected chi connectivity index (χ4v) is 3.85. The average molecular weight is 493 g/mol. The molecule has 0 bridgehead atoms. The average Bonchev–Trinajstić information content (AvgIpc) is 2.70. The number of halogens is 4. The first-order valence-corrected chi connectivity index (χ1v) is 10.6. The molecule has 1 amide bonds. The zero-order chi connectivity index (χ0) is 21.2. The predicted molar refractivity (Wildman–Crippen MR) is 112 cm³/mol. The van der Waals surface area contributed by atoms with Crippen LogP contribution < -0.4 is 10.0 Å². The number of benzene rings is 1. The molecule has 13 heteroatoms. The minimum atomic E-state index is -3.90. The van der Waals surface area contributed by atoms with Crippen molar-refractivity contribution in [2.75, 3.05) is 10.0 Å². The summed E-state index contributed by atoms with van der Waals surface area (Å²) >= 11 is 23.6. The van der Waals surface area contributed by atoms with Crippen molar-refractivity contribution in [1.29, 1.82) is 0 Å². The summed E-state index contributed by atoms with van der Waals surface area (Å²) < 4.78 is 27.0. The summed E-state index contributed by atoms with van der Waals surface area (Å²) in [6.07, 6.45) is 2.80. The van der Waals surface area contributed by atoms with E-state index in [9.17, 15) is 13.2 Å². The van der Waals surface area contributed by atoms with Gasteiger partial charge in [-0.15, -0.1) is 0 Å². The topological polar surface area (TPSA) is 114 Å². The number of hydrogen-bond acceptors (Lipinski definition) is 6. The molecule has 29 heavy (non-hydrogen) atoms. The molecular weight excluding hydrogens is 484 g/mol. The molecule has 0 atom stereocenters. The van der Waals surface area contributed by atoms with Gasteiger partial charge >= 0.3 is 0 Å². The molecule has 3 aromatic rings. The lowest BCUT2D eigenvalue weighted by atomic mass is 10.3. The van der Waals surface area contributed by atoms with E-state index in [1.165, 1.54) is 36.7 Å². The lowest BCUT2D eigenvalue weighted by Gasteiger charge is -2.10. The number of carbonyl (C=O) groups excluding carboxylic acids is 1. The molecule has 0 aliphatic carbocycles. The van der Waals surface area contributed by atoms with Gasteiger partial charge in [-0.05, 0) is 30.3 Å². The minimum absolute atomic E-state index is 0.0586. The van der Waals surface area contributed by atoms with Gasteiger partial charge in [0.25, 0.3) is 15.9 Å². The number of nitrogens with one attached hydrogen (secondary N) is 2. The van der Waals surface area contributed by atoms with Gasteiger partial charge in [-0.25, -0.2) is 28.1 Å². The molecule has 1 aromatic carbocycles. The van der Waals surface area contributed by atoms with E-state index in [1.807, 2.05) is 0 Å². The summed E-state index contributed by atoms with van der Waals surface area (Å²) in [5.41, 5.74) is 0.0515. The Morgan fingerprint density at radius 2 is 1.52 bits per heavy atom. The van der Waals surface area contributed by atoms with Crippen molar-refractivity contribution in [3.05, 3.63) is 68.6 Å². The van der Waals surface area contributed by atoms with Crippen LogP contribution in [0.2, 0.25) is 20.2 Å². The highest BCUT2D eigenvalue weighted by Crippen LogP contribution is 2.36. The molecule has 0 saturated carbocycles. The van der Waals surface area contributed by atoms with E-state index in [0.717, 1.165) is 0 Å². The number of aromatic nitrogens is 3. The Bertz CT molecular complexity index is 1180. The van der Waals surface area contributed by atoms with Crippen LogP contribution in [-0.4, -0.2) is 29.3 Å². The van der Waals surface area contributed by atoms with Crippen LogP contribution in [0.5, 0.6) is 0 Å². The number of carbonyl (C=O) groups is 1. The number of nitrogens with zero attached hydrogens (tertiary/aromatic N) is 3. The number of anilines is 2. The van der Waals surface area contributed by atoms with Crippen LogP contribution in [0.3, 0.4) is 0 Å². The zero-order valence-corrected chi connectivity index (χ0v) is 17.9. The molecule has 0 aliphatic heterocycles. The van der Waals surface area contributed by atoms with Crippen molar-refractivity contribution >= 4 is 74.0 Å². The Morgan fingerprint density at radius 1 is 0.897 bits per heavy atom. The zero-order valence-electron chi connectivity index (χ0n) is 14.0. The Kier molecular flexibility index (Phi) is 6.45. The Balaban J connectivity index is 1.78. The van der Waals surface area contributed by atoms with Crippen molar-refractivity contribution in [2.45, 2.75) is 4.90 Å². The molecule has 0 spiro atoms. The van der Waals surface area contributed by atoms with E-state index < -0.39 is 15.9 Å². The third kappa shape index (κ3) is 4.88. The molecule has 150 valence electrons. The van der Waals surface area contributed by atoms with E-state index >= 15 is 0 Å². The maximum atomic E-state index is 12.4. The maximum absolute atomic E-state index is 12.4. The van der Waals surface area contributed by atoms with Gasteiger partial charge in [-0.2, -0.15) is 0 Å². The van der Waals surface area contributed by atoms with Crippen LogP contribution in [0.15, 0.2) is 47.6 Å². The summed E-state index contributed by atoms with van der Waals surface area (Å²) in [6.45, 7) is 0. The molecule has 0 aliphatic rings. The maximum Gasteiger partial charge on any atom is 0.275 e. The lowest BCUT2D eigenvalue weighted by Crippen LogP contribution is -2.16. The van der Waals surface area contributed by atoms with Crippen molar-refractivity contribution in [3.63, 3.8) is 0 Å². The third-order valence-corrected chi connectivity index (χ3v) is 6.44. The van der Waals surface area contributed by atoms with Crippen LogP contribution in [0.25, 0.3) is 0 Å². The number of sulfonamides is 1. The van der Waals surface area contributed by atoms with Gasteiger partial charge in [0.05, 0.1) is 20.0 Å². The quantitative estimate of drug-likeness (QED) is 0.505. The molecule has 2 aromatic heterocycles. The SMILES string of the molecule is O=C(Nc1ccc(S(=O)(=O)Nc2ncccn2)cc1)c1nc(Cl)c(Cl)c(Cl)c1Cl. The van der Waals surface area contributed by atoms with E-state index in [4.69, 9.17) is 46.4 Å². The first kappa shape index (κ1) is 21.5. The van der Waals surface area contributed by atoms with Crippen LogP contribution >= 0.6 is 46.4 Å². The second-order valence-corrected chi connectivity index (χ2v) is 8.52. The van der Waals surface area contributed by atoms with Crippen LogP contribution in [-0.2, 0) is 10.0 Å². The Hall–Kier alpha value is -2.17. The number of amides is 1. The predicted octanol–water partition coefficient (Wildman–Crippen LogP) is 4.54. The Morgan fingerprint density at radius 3 is 2.14 bits per heavy atom. The fraction of sp³-hybridized carbons (Fsp3) is 0. The van der Waals surface area contributed by atoms with Gasteiger partial charge in [0.15, 0.2) is 0 Å². The summed E-state index contributed by atoms with van der Waals surface area (Å²) in [7, 11) is -3.90. The van der Waals surface area contributed by atoms with E-state index in [0.29, 0.717) is 0 Å². The molecular formula is C16H9Cl4N5O3S. The van der Waals surface area contributed by atoms with Gasteiger partial charge in [0.1, 0.15) is 10.8 Å². The molecule has 2 N–H and O–H groups in total. The first-order valence-electron chi connectivity index (χ1n) is 7.60. The first-order chi connectivity index (χ1) is 13.7. The molecule has 0 radical (unpaired) electrons. The van der Waals surface area contributed by atoms with Crippen molar-refractivity contribution in [3.8, 4) is 0 Å². The van der Waals surface area contributed by atoms with Crippen molar-refractivity contribution < 1.29 is 13.2 Å². The third-order valence-electron chi connectivity index (χ3n) is 3.41. The summed E-state index contributed by atoms with van der Waals surface area (Å²) in [4.78, 5) is 23.8. The van der Waals surface area contributed by atoms with Crippen molar-refractivity contribution in [1.82, 2.24) is 15.0 Å². The van der Waals surface area contributed by atoms with E-state index in [2.05, 4.69) is 25.0 Å². The van der Waals surface area contributed by atoms with Gasteiger partial charge in [0.2, 0.25) is 5.95 Å². The van der Waals surface area contributed by atoms with Crippen LogP contribution in [0, 0.1) is 0 Å². The number of pyridine rings is 1. The molecule has 0 saturated heterocycles. The second-order valence-electron chi connectivity index (χ2n) is 5.35. The number of hydrogen-bond donors (Lipinski definition) is 2. The molecule has 0 unspecified atom stereocenters. The van der Waals surface area contributed by atoms with Gasteiger partial charge < -0.3 is 5.32 Å². The molecule has 3 rings (SSSR count). The highest BCUT2D eigenvalue weighted by atomic mass is 35.5. The summed E-state index contributed by atoms with van der Waals surface area (Å²) in [5.74, 6) is -0.774. The molecule has 2 heterocycles. The molecule has 8 nitrogen and oxygen atoms in total. The lowest BCUT2D eigenvalue weighted by molar-refractivity contribution is 0.102.